The largest absolute Gasteiger partial charge is 0.393 e. The van der Waals surface area contributed by atoms with Gasteiger partial charge in [-0.3, -0.25) is 4.79 Å². The van der Waals surface area contributed by atoms with Crippen molar-refractivity contribution in [1.82, 2.24) is 5.32 Å². The number of hydrogen-bond acceptors (Lipinski definition) is 3. The van der Waals surface area contributed by atoms with Crippen LogP contribution in [-0.2, 0) is 9.53 Å². The van der Waals surface area contributed by atoms with Crippen molar-refractivity contribution in [3.63, 3.8) is 0 Å². The van der Waals surface area contributed by atoms with Crippen LogP contribution in [0.3, 0.4) is 0 Å². The Labute approximate surface area is 123 Å². The highest BCUT2D eigenvalue weighted by atomic mass is 16.5. The number of carbonyl (C=O) groups excluding carboxylic acids is 1. The highest BCUT2D eigenvalue weighted by molar-refractivity contribution is 5.80. The third-order valence-electron chi connectivity index (χ3n) is 4.16. The van der Waals surface area contributed by atoms with E-state index >= 15 is 0 Å². The molecule has 1 saturated carbocycles. The van der Waals surface area contributed by atoms with Gasteiger partial charge in [0.15, 0.2) is 0 Å². The highest BCUT2D eigenvalue weighted by Crippen LogP contribution is 2.26. The fourth-order valence-corrected chi connectivity index (χ4v) is 2.67. The average Bonchev–Trinajstić information content (AvgIpc) is 2.38. The van der Waals surface area contributed by atoms with Gasteiger partial charge in [0, 0.05) is 6.54 Å². The zero-order valence-corrected chi connectivity index (χ0v) is 13.4. The lowest BCUT2D eigenvalue weighted by atomic mass is 9.88. The summed E-state index contributed by atoms with van der Waals surface area (Å²) in [7, 11) is 0. The van der Waals surface area contributed by atoms with Gasteiger partial charge in [0.25, 0.3) is 0 Å². The number of carbonyl (C=O) groups is 1. The molecule has 2 N–H and O–H groups in total. The Bertz CT molecular complexity index is 293. The maximum absolute atomic E-state index is 11.9. The molecule has 118 valence electrons. The van der Waals surface area contributed by atoms with Crippen LogP contribution in [-0.4, -0.2) is 35.9 Å². The topological polar surface area (TPSA) is 58.6 Å². The summed E-state index contributed by atoms with van der Waals surface area (Å²) in [4.78, 5) is 11.9. The number of ether oxygens (including phenoxy) is 1. The van der Waals surface area contributed by atoms with Gasteiger partial charge in [-0.2, -0.15) is 0 Å². The molecular weight excluding hydrogens is 254 g/mol. The van der Waals surface area contributed by atoms with Crippen molar-refractivity contribution in [2.75, 3.05) is 6.54 Å². The van der Waals surface area contributed by atoms with Gasteiger partial charge in [0.1, 0.15) is 6.10 Å². The van der Waals surface area contributed by atoms with Crippen LogP contribution in [0.15, 0.2) is 0 Å². The summed E-state index contributed by atoms with van der Waals surface area (Å²) < 4.78 is 5.85. The number of rotatable bonds is 7. The van der Waals surface area contributed by atoms with E-state index in [-0.39, 0.29) is 24.0 Å². The predicted molar refractivity (Wildman–Crippen MR) is 80.4 cm³/mol. The summed E-state index contributed by atoms with van der Waals surface area (Å²) in [6.07, 6.45) is 4.65. The van der Waals surface area contributed by atoms with Crippen molar-refractivity contribution in [3.05, 3.63) is 0 Å². The molecule has 4 atom stereocenters. The molecule has 0 spiro atoms. The van der Waals surface area contributed by atoms with Gasteiger partial charge in [-0.05, 0) is 38.0 Å². The summed E-state index contributed by atoms with van der Waals surface area (Å²) in [5, 5.41) is 12.5. The van der Waals surface area contributed by atoms with Gasteiger partial charge in [0.05, 0.1) is 12.2 Å². The molecule has 0 aromatic heterocycles. The van der Waals surface area contributed by atoms with E-state index in [1.165, 1.54) is 12.8 Å². The first-order valence-corrected chi connectivity index (χ1v) is 8.01. The number of hydrogen-bond donors (Lipinski definition) is 2. The lowest BCUT2D eigenvalue weighted by Gasteiger charge is -2.29. The Kier molecular flexibility index (Phi) is 7.52. The van der Waals surface area contributed by atoms with Crippen molar-refractivity contribution >= 4 is 5.91 Å². The van der Waals surface area contributed by atoms with Gasteiger partial charge in [0.2, 0.25) is 5.91 Å². The van der Waals surface area contributed by atoms with Crippen molar-refractivity contribution in [1.29, 1.82) is 0 Å². The molecule has 4 heteroatoms. The molecule has 1 fully saturated rings. The van der Waals surface area contributed by atoms with Crippen LogP contribution in [0.5, 0.6) is 0 Å². The van der Waals surface area contributed by atoms with Crippen LogP contribution in [0.25, 0.3) is 0 Å². The van der Waals surface area contributed by atoms with Crippen LogP contribution < -0.4 is 5.32 Å². The van der Waals surface area contributed by atoms with Crippen LogP contribution >= 0.6 is 0 Å². The summed E-state index contributed by atoms with van der Waals surface area (Å²) in [5.41, 5.74) is 0. The second kappa shape index (κ2) is 8.63. The third kappa shape index (κ3) is 6.23. The molecule has 1 aliphatic rings. The van der Waals surface area contributed by atoms with Crippen LogP contribution in [0, 0.1) is 11.8 Å². The zero-order chi connectivity index (χ0) is 15.1. The van der Waals surface area contributed by atoms with Crippen LogP contribution in [0.1, 0.15) is 59.8 Å². The molecule has 0 heterocycles. The van der Waals surface area contributed by atoms with Gasteiger partial charge in [-0.1, -0.05) is 33.6 Å². The zero-order valence-electron chi connectivity index (χ0n) is 13.4. The van der Waals surface area contributed by atoms with Gasteiger partial charge >= 0.3 is 0 Å². The van der Waals surface area contributed by atoms with Crippen molar-refractivity contribution in [2.24, 2.45) is 11.8 Å². The molecular formula is C16H31NO3. The number of nitrogens with one attached hydrogen (secondary N) is 1. The monoisotopic (exact) mass is 285 g/mol. The molecule has 1 amide bonds. The molecule has 0 aromatic carbocycles. The summed E-state index contributed by atoms with van der Waals surface area (Å²) in [6, 6.07) is 0. The van der Waals surface area contributed by atoms with E-state index in [0.717, 1.165) is 12.8 Å². The predicted octanol–water partition coefficient (Wildman–Crippen LogP) is 2.49. The minimum atomic E-state index is -0.401. The summed E-state index contributed by atoms with van der Waals surface area (Å²) in [5.74, 6) is 0.855. The lowest BCUT2D eigenvalue weighted by Crippen LogP contribution is -2.39. The quantitative estimate of drug-likeness (QED) is 0.755. The highest BCUT2D eigenvalue weighted by Gasteiger charge is 2.24. The molecule has 4 nitrogen and oxygen atoms in total. The normalized spacial score (nSPS) is 26.3. The minimum Gasteiger partial charge on any atom is -0.393 e. The van der Waals surface area contributed by atoms with Gasteiger partial charge in [-0.15, -0.1) is 0 Å². The first-order valence-electron chi connectivity index (χ1n) is 8.01. The van der Waals surface area contributed by atoms with Gasteiger partial charge in [-0.25, -0.2) is 0 Å². The van der Waals surface area contributed by atoms with E-state index in [1.54, 1.807) is 0 Å². The number of aliphatic hydroxyl groups excluding tert-OH is 1. The number of aliphatic hydroxyl groups is 1. The molecule has 0 radical (unpaired) electrons. The molecule has 0 aromatic rings. The standard InChI is InChI=1S/C16H31NO3/c1-11(2)15(18)8-9-17-16(19)13(4)20-14-7-5-6-12(3)10-14/h11-15,18H,5-10H2,1-4H3,(H,17,19). The Hall–Kier alpha value is -0.610. The molecule has 1 aliphatic carbocycles. The van der Waals surface area contributed by atoms with Gasteiger partial charge < -0.3 is 15.2 Å². The van der Waals surface area contributed by atoms with E-state index in [4.69, 9.17) is 4.74 Å². The molecule has 20 heavy (non-hydrogen) atoms. The summed E-state index contributed by atoms with van der Waals surface area (Å²) >= 11 is 0. The average molecular weight is 285 g/mol. The summed E-state index contributed by atoms with van der Waals surface area (Å²) in [6.45, 7) is 8.51. The molecule has 4 unspecified atom stereocenters. The molecule has 1 rings (SSSR count). The minimum absolute atomic E-state index is 0.0702. The second-order valence-corrected chi connectivity index (χ2v) is 6.56. The van der Waals surface area contributed by atoms with E-state index in [2.05, 4.69) is 12.2 Å². The molecule has 0 bridgehead atoms. The Morgan fingerprint density at radius 2 is 2.05 bits per heavy atom. The second-order valence-electron chi connectivity index (χ2n) is 6.56. The fourth-order valence-electron chi connectivity index (χ4n) is 2.67. The fraction of sp³-hybridized carbons (Fsp3) is 0.938. The van der Waals surface area contributed by atoms with Crippen molar-refractivity contribution in [2.45, 2.75) is 78.1 Å². The van der Waals surface area contributed by atoms with E-state index in [9.17, 15) is 9.90 Å². The number of amides is 1. The lowest BCUT2D eigenvalue weighted by molar-refractivity contribution is -0.137. The van der Waals surface area contributed by atoms with Crippen molar-refractivity contribution in [3.8, 4) is 0 Å². The maximum Gasteiger partial charge on any atom is 0.248 e. The first-order chi connectivity index (χ1) is 9.40. The Balaban J connectivity index is 2.21. The first kappa shape index (κ1) is 17.4. The van der Waals surface area contributed by atoms with Crippen LogP contribution in [0.4, 0.5) is 0 Å². The Morgan fingerprint density at radius 1 is 1.35 bits per heavy atom. The van der Waals surface area contributed by atoms with Crippen molar-refractivity contribution < 1.29 is 14.6 Å². The van der Waals surface area contributed by atoms with Crippen LogP contribution in [0.2, 0.25) is 0 Å². The Morgan fingerprint density at radius 3 is 2.65 bits per heavy atom. The molecule has 0 saturated heterocycles. The third-order valence-corrected chi connectivity index (χ3v) is 4.16. The van der Waals surface area contributed by atoms with E-state index < -0.39 is 6.10 Å². The van der Waals surface area contributed by atoms with E-state index in [1.807, 2.05) is 20.8 Å². The SMILES string of the molecule is CC1CCCC(OC(C)C(=O)NCCC(O)C(C)C)C1. The molecule has 0 aliphatic heterocycles. The maximum atomic E-state index is 11.9. The smallest absolute Gasteiger partial charge is 0.248 e. The van der Waals surface area contributed by atoms with E-state index in [0.29, 0.717) is 18.9 Å².